The average Bonchev–Trinajstić information content (AvgIpc) is 3.17. The van der Waals surface area contributed by atoms with Crippen LogP contribution in [0.1, 0.15) is 24.0 Å². The van der Waals surface area contributed by atoms with Crippen molar-refractivity contribution >= 4 is 5.91 Å². The number of hydrogen-bond donors (Lipinski definition) is 1. The van der Waals surface area contributed by atoms with Crippen LogP contribution in [-0.2, 0) is 22.5 Å². The van der Waals surface area contributed by atoms with Gasteiger partial charge in [0.25, 0.3) is 0 Å². The van der Waals surface area contributed by atoms with E-state index in [0.717, 1.165) is 5.56 Å². The first-order chi connectivity index (χ1) is 12.6. The molecule has 0 aliphatic carbocycles. The molecule has 2 heterocycles. The normalized spacial score (nSPS) is 20.3. The molecule has 1 aromatic heterocycles. The van der Waals surface area contributed by atoms with Crippen LogP contribution in [0.5, 0.6) is 0 Å². The van der Waals surface area contributed by atoms with Crippen LogP contribution in [0.4, 0.5) is 0 Å². The van der Waals surface area contributed by atoms with Crippen molar-refractivity contribution in [2.75, 3.05) is 26.3 Å². The summed E-state index contributed by atoms with van der Waals surface area (Å²) in [5.74, 6) is 0.0935. The Labute approximate surface area is 153 Å². The van der Waals surface area contributed by atoms with Gasteiger partial charge in [0, 0.05) is 25.9 Å². The summed E-state index contributed by atoms with van der Waals surface area (Å²) in [5, 5.41) is 14.1. The monoisotopic (exact) mass is 358 g/mol. The zero-order chi connectivity index (χ0) is 18.4. The topological polar surface area (TPSA) is 80.5 Å². The Balaban J connectivity index is 1.59. The zero-order valence-corrected chi connectivity index (χ0v) is 15.2. The summed E-state index contributed by atoms with van der Waals surface area (Å²) in [7, 11) is 0. The first kappa shape index (κ1) is 18.5. The lowest BCUT2D eigenvalue weighted by molar-refractivity contribution is -0.158. The number of aryl methyl sites for hydroxylation is 2. The second kappa shape index (κ2) is 8.42. The van der Waals surface area contributed by atoms with E-state index < -0.39 is 5.60 Å². The molecule has 7 nitrogen and oxygen atoms in total. The molecule has 1 aliphatic heterocycles. The molecule has 1 atom stereocenters. The number of carbonyl (C=O) groups is 1. The van der Waals surface area contributed by atoms with Crippen LogP contribution in [0, 0.1) is 6.92 Å². The molecule has 1 fully saturated rings. The van der Waals surface area contributed by atoms with E-state index in [1.807, 2.05) is 17.0 Å². The third-order valence-electron chi connectivity index (χ3n) is 4.91. The van der Waals surface area contributed by atoms with Gasteiger partial charge in [-0.15, -0.1) is 0 Å². The number of nitrogens with zero attached hydrogens (tertiary/aromatic N) is 4. The highest BCUT2D eigenvalue weighted by atomic mass is 16.5. The molecule has 0 saturated carbocycles. The van der Waals surface area contributed by atoms with E-state index in [9.17, 15) is 9.90 Å². The molecule has 2 aromatic rings. The van der Waals surface area contributed by atoms with E-state index in [0.29, 0.717) is 45.5 Å². The maximum atomic E-state index is 12.6. The molecule has 0 unspecified atom stereocenters. The van der Waals surface area contributed by atoms with Crippen LogP contribution < -0.4 is 0 Å². The molecular formula is C19H26N4O3. The maximum Gasteiger partial charge on any atom is 0.222 e. The van der Waals surface area contributed by atoms with Crippen molar-refractivity contribution in [1.82, 2.24) is 19.7 Å². The number of aliphatic hydroxyl groups is 1. The van der Waals surface area contributed by atoms with Gasteiger partial charge in [0.1, 0.15) is 18.3 Å². The largest absolute Gasteiger partial charge is 0.393 e. The predicted octanol–water partition coefficient (Wildman–Crippen LogP) is 1.20. The minimum absolute atomic E-state index is 0.0935. The van der Waals surface area contributed by atoms with Crippen LogP contribution in [0.3, 0.4) is 0 Å². The van der Waals surface area contributed by atoms with Crippen LogP contribution in [0.25, 0.3) is 0 Å². The average molecular weight is 358 g/mol. The number of amides is 1. The lowest BCUT2D eigenvalue weighted by atomic mass is 9.91. The number of aliphatic hydroxyl groups excluding tert-OH is 1. The smallest absolute Gasteiger partial charge is 0.222 e. The quantitative estimate of drug-likeness (QED) is 0.804. The van der Waals surface area contributed by atoms with E-state index in [1.165, 1.54) is 11.9 Å². The van der Waals surface area contributed by atoms with E-state index in [1.54, 1.807) is 11.0 Å². The van der Waals surface area contributed by atoms with Gasteiger partial charge in [-0.25, -0.2) is 4.98 Å². The number of hydrogen-bond acceptors (Lipinski definition) is 5. The Kier molecular flexibility index (Phi) is 6.00. The summed E-state index contributed by atoms with van der Waals surface area (Å²) >= 11 is 0. The predicted molar refractivity (Wildman–Crippen MR) is 96.5 cm³/mol. The van der Waals surface area contributed by atoms with Gasteiger partial charge in [0.05, 0.1) is 19.8 Å². The van der Waals surface area contributed by atoms with E-state index in [2.05, 4.69) is 29.1 Å². The molecule has 3 rings (SSSR count). The molecule has 1 aliphatic rings. The van der Waals surface area contributed by atoms with Crippen molar-refractivity contribution in [3.63, 3.8) is 0 Å². The molecule has 0 spiro atoms. The summed E-state index contributed by atoms with van der Waals surface area (Å²) in [4.78, 5) is 18.3. The molecule has 0 radical (unpaired) electrons. The Morgan fingerprint density at radius 2 is 2.23 bits per heavy atom. The van der Waals surface area contributed by atoms with Crippen LogP contribution in [0.2, 0.25) is 0 Å². The van der Waals surface area contributed by atoms with Crippen molar-refractivity contribution in [3.8, 4) is 0 Å². The first-order valence-electron chi connectivity index (χ1n) is 9.01. The minimum Gasteiger partial charge on any atom is -0.393 e. The summed E-state index contributed by atoms with van der Waals surface area (Å²) in [6, 6.07) is 8.09. The molecule has 1 aromatic carbocycles. The minimum atomic E-state index is -0.730. The zero-order valence-electron chi connectivity index (χ0n) is 15.2. The molecule has 1 saturated heterocycles. The van der Waals surface area contributed by atoms with Crippen molar-refractivity contribution in [2.45, 2.75) is 38.3 Å². The lowest BCUT2D eigenvalue weighted by Gasteiger charge is -2.42. The number of ether oxygens (including phenoxy) is 1. The molecular weight excluding hydrogens is 332 g/mol. The highest BCUT2D eigenvalue weighted by molar-refractivity contribution is 5.76. The number of morpholine rings is 1. The fourth-order valence-corrected chi connectivity index (χ4v) is 3.37. The molecule has 1 N–H and O–H groups in total. The fourth-order valence-electron chi connectivity index (χ4n) is 3.37. The van der Waals surface area contributed by atoms with Crippen LogP contribution in [0.15, 0.2) is 36.9 Å². The number of rotatable bonds is 7. The molecule has 7 heteroatoms. The van der Waals surface area contributed by atoms with Gasteiger partial charge in [0.2, 0.25) is 5.91 Å². The third-order valence-corrected chi connectivity index (χ3v) is 4.91. The Morgan fingerprint density at radius 1 is 1.38 bits per heavy atom. The summed E-state index contributed by atoms with van der Waals surface area (Å²) in [6.07, 6.45) is 4.90. The molecule has 26 heavy (non-hydrogen) atoms. The van der Waals surface area contributed by atoms with Crippen molar-refractivity contribution in [3.05, 3.63) is 48.0 Å². The molecule has 140 valence electrons. The Hall–Kier alpha value is -2.25. The van der Waals surface area contributed by atoms with Crippen molar-refractivity contribution in [2.24, 2.45) is 0 Å². The van der Waals surface area contributed by atoms with Gasteiger partial charge in [-0.05, 0) is 24.5 Å². The SMILES string of the molecule is Cc1ccccc1C[C@]1(CO)CN(C(=O)CCCn2cncn2)CCO1. The third kappa shape index (κ3) is 4.47. The van der Waals surface area contributed by atoms with Gasteiger partial charge < -0.3 is 14.7 Å². The Bertz CT molecular complexity index is 719. The molecule has 0 bridgehead atoms. The van der Waals surface area contributed by atoms with Crippen molar-refractivity contribution < 1.29 is 14.6 Å². The standard InChI is InChI=1S/C19H26N4O3/c1-16-5-2-3-6-17(16)11-19(13-24)12-22(9-10-26-19)18(25)7-4-8-23-15-20-14-21-23/h2-3,5-6,14-15,24H,4,7-13H2,1H3/t19-/m1/s1. The van der Waals surface area contributed by atoms with E-state index >= 15 is 0 Å². The highest BCUT2D eigenvalue weighted by Gasteiger charge is 2.38. The summed E-state index contributed by atoms with van der Waals surface area (Å²) < 4.78 is 7.68. The first-order valence-corrected chi connectivity index (χ1v) is 9.01. The van der Waals surface area contributed by atoms with Gasteiger partial charge in [-0.1, -0.05) is 24.3 Å². The highest BCUT2D eigenvalue weighted by Crippen LogP contribution is 2.25. The number of benzene rings is 1. The van der Waals surface area contributed by atoms with Gasteiger partial charge in [-0.2, -0.15) is 5.10 Å². The second-order valence-corrected chi connectivity index (χ2v) is 6.87. The lowest BCUT2D eigenvalue weighted by Crippen LogP contribution is -2.56. The summed E-state index contributed by atoms with van der Waals surface area (Å²) in [6.45, 7) is 4.05. The van der Waals surface area contributed by atoms with E-state index in [4.69, 9.17) is 4.74 Å². The summed E-state index contributed by atoms with van der Waals surface area (Å²) in [5.41, 5.74) is 1.58. The Morgan fingerprint density at radius 3 is 2.96 bits per heavy atom. The molecule has 1 amide bonds. The van der Waals surface area contributed by atoms with Gasteiger partial charge in [-0.3, -0.25) is 9.48 Å². The van der Waals surface area contributed by atoms with Gasteiger partial charge >= 0.3 is 0 Å². The van der Waals surface area contributed by atoms with Crippen LogP contribution in [-0.4, -0.2) is 62.6 Å². The number of aromatic nitrogens is 3. The van der Waals surface area contributed by atoms with Crippen LogP contribution >= 0.6 is 0 Å². The number of carbonyl (C=O) groups excluding carboxylic acids is 1. The second-order valence-electron chi connectivity index (χ2n) is 6.87. The fraction of sp³-hybridized carbons (Fsp3) is 0.526. The van der Waals surface area contributed by atoms with E-state index in [-0.39, 0.29) is 12.5 Å². The van der Waals surface area contributed by atoms with Crippen molar-refractivity contribution in [1.29, 1.82) is 0 Å². The maximum absolute atomic E-state index is 12.6. The van der Waals surface area contributed by atoms with Gasteiger partial charge in [0.15, 0.2) is 0 Å².